The van der Waals surface area contributed by atoms with Crippen molar-refractivity contribution >= 4 is 33.3 Å². The fourth-order valence-electron chi connectivity index (χ4n) is 6.65. The molecule has 2 fully saturated rings. The molecule has 3 aromatic carbocycles. The van der Waals surface area contributed by atoms with E-state index < -0.39 is 29.2 Å². The number of morpholine rings is 1. The third-order valence-corrected chi connectivity index (χ3v) is 8.90. The van der Waals surface area contributed by atoms with E-state index in [1.165, 1.54) is 6.07 Å². The van der Waals surface area contributed by atoms with E-state index in [9.17, 15) is 14.7 Å². The molecule has 2 atom stereocenters. The van der Waals surface area contributed by atoms with Crippen molar-refractivity contribution in [3.63, 3.8) is 0 Å². The van der Waals surface area contributed by atoms with E-state index in [1.54, 1.807) is 15.7 Å². The van der Waals surface area contributed by atoms with Gasteiger partial charge in [0.05, 0.1) is 29.9 Å². The van der Waals surface area contributed by atoms with Crippen LogP contribution in [0.2, 0.25) is 0 Å². The van der Waals surface area contributed by atoms with Gasteiger partial charge in [-0.15, -0.1) is 0 Å². The Morgan fingerprint density at radius 1 is 1.11 bits per heavy atom. The van der Waals surface area contributed by atoms with E-state index >= 15 is 4.39 Å². The van der Waals surface area contributed by atoms with Crippen LogP contribution in [0.25, 0.3) is 27.4 Å². The molecule has 248 valence electrons. The number of carbonyl (C=O) groups is 1. The Morgan fingerprint density at radius 3 is 2.68 bits per heavy atom. The lowest BCUT2D eigenvalue weighted by molar-refractivity contribution is -0.185. The molecule has 47 heavy (non-hydrogen) atoms. The van der Waals surface area contributed by atoms with Gasteiger partial charge in [-0.05, 0) is 44.7 Å². The first-order valence-electron chi connectivity index (χ1n) is 16.1. The molecule has 0 aliphatic carbocycles. The highest BCUT2D eigenvalue weighted by Gasteiger charge is 2.34. The molecule has 1 amide bonds. The number of aliphatic hydroxyl groups is 1. The third kappa shape index (κ3) is 6.19. The number of halogens is 1. The Balaban J connectivity index is 1.26. The monoisotopic (exact) mass is 645 g/mol. The molecular weight excluding hydrogens is 605 g/mol. The van der Waals surface area contributed by atoms with Crippen LogP contribution in [0.3, 0.4) is 0 Å². The van der Waals surface area contributed by atoms with Crippen molar-refractivity contribution in [3.8, 4) is 17.2 Å². The van der Waals surface area contributed by atoms with E-state index in [1.807, 2.05) is 57.2 Å². The summed E-state index contributed by atoms with van der Waals surface area (Å²) in [6.07, 6.45) is 0.925. The molecule has 11 nitrogen and oxygen atoms in total. The second-order valence-corrected chi connectivity index (χ2v) is 13.3. The molecule has 3 N–H and O–H groups in total. The summed E-state index contributed by atoms with van der Waals surface area (Å²) in [7, 11) is 0. The first-order chi connectivity index (χ1) is 22.6. The van der Waals surface area contributed by atoms with Crippen molar-refractivity contribution < 1.29 is 28.5 Å². The van der Waals surface area contributed by atoms with Crippen LogP contribution >= 0.6 is 0 Å². The molecule has 3 aliphatic heterocycles. The zero-order chi connectivity index (χ0) is 32.9. The maximum atomic E-state index is 16.0. The van der Waals surface area contributed by atoms with Gasteiger partial charge in [-0.3, -0.25) is 19.8 Å². The van der Waals surface area contributed by atoms with Crippen LogP contribution in [0.1, 0.15) is 37.6 Å². The van der Waals surface area contributed by atoms with Crippen LogP contribution in [0.5, 0.6) is 11.5 Å². The maximum absolute atomic E-state index is 16.0. The Morgan fingerprint density at radius 2 is 1.89 bits per heavy atom. The second kappa shape index (κ2) is 12.5. The lowest BCUT2D eigenvalue weighted by Crippen LogP contribution is -2.45. The number of carbonyl (C=O) groups excluding carboxylic acids is 1. The van der Waals surface area contributed by atoms with Crippen molar-refractivity contribution in [2.75, 3.05) is 57.8 Å². The highest BCUT2D eigenvalue weighted by Crippen LogP contribution is 2.47. The smallest absolute Gasteiger partial charge is 0.259 e. The Kier molecular flexibility index (Phi) is 8.39. The Labute approximate surface area is 271 Å². The van der Waals surface area contributed by atoms with Crippen LogP contribution in [-0.2, 0) is 9.47 Å². The number of hydrogen-bond acceptors (Lipinski definition) is 9. The van der Waals surface area contributed by atoms with Crippen LogP contribution in [0, 0.1) is 5.82 Å². The average molecular weight is 646 g/mol. The number of fused-ring (bicyclic) bond motifs is 4. The van der Waals surface area contributed by atoms with Crippen molar-refractivity contribution in [1.82, 2.24) is 19.7 Å². The number of benzene rings is 3. The van der Waals surface area contributed by atoms with Gasteiger partial charge >= 0.3 is 0 Å². The zero-order valence-electron chi connectivity index (χ0n) is 26.8. The minimum atomic E-state index is -1.20. The van der Waals surface area contributed by atoms with Crippen molar-refractivity contribution in [2.24, 2.45) is 0 Å². The van der Waals surface area contributed by atoms with Gasteiger partial charge in [0.2, 0.25) is 11.8 Å². The second-order valence-electron chi connectivity index (χ2n) is 13.3. The minimum absolute atomic E-state index is 0.0590. The quantitative estimate of drug-likeness (QED) is 0.215. The summed E-state index contributed by atoms with van der Waals surface area (Å²) in [5, 5.41) is 18.4. The summed E-state index contributed by atoms with van der Waals surface area (Å²) >= 11 is 0. The number of amides is 1. The Bertz CT molecular complexity index is 1900. The van der Waals surface area contributed by atoms with E-state index in [0.29, 0.717) is 56.2 Å². The normalized spacial score (nSPS) is 18.7. The highest BCUT2D eigenvalue weighted by molar-refractivity contribution is 6.03. The maximum Gasteiger partial charge on any atom is 0.259 e. The van der Waals surface area contributed by atoms with Gasteiger partial charge < -0.3 is 34.1 Å². The first-order valence-corrected chi connectivity index (χ1v) is 16.1. The molecule has 2 saturated heterocycles. The molecule has 0 spiro atoms. The summed E-state index contributed by atoms with van der Waals surface area (Å²) < 4.78 is 35.3. The van der Waals surface area contributed by atoms with Crippen molar-refractivity contribution in [2.45, 2.75) is 45.2 Å². The number of nitrogens with one attached hydrogen (secondary N) is 2. The highest BCUT2D eigenvalue weighted by atomic mass is 19.1. The summed E-state index contributed by atoms with van der Waals surface area (Å²) in [6, 6.07) is 12.6. The zero-order valence-corrected chi connectivity index (χ0v) is 26.8. The number of hydrogen-bond donors (Lipinski definition) is 3. The molecule has 1 unspecified atom stereocenters. The molecule has 3 aliphatic rings. The van der Waals surface area contributed by atoms with Crippen LogP contribution < -0.4 is 20.8 Å². The summed E-state index contributed by atoms with van der Waals surface area (Å²) in [5.74, 6) is -0.372. The molecule has 1 aromatic heterocycles. The van der Waals surface area contributed by atoms with Gasteiger partial charge in [-0.25, -0.2) is 4.39 Å². The number of nitrogens with zero attached hydrogens (tertiary/aromatic N) is 3. The van der Waals surface area contributed by atoms with Gasteiger partial charge in [-0.2, -0.15) is 0 Å². The molecule has 0 radical (unpaired) electrons. The molecule has 4 heterocycles. The molecule has 7 rings (SSSR count). The summed E-state index contributed by atoms with van der Waals surface area (Å²) in [4.78, 5) is 31.8. The first kappa shape index (κ1) is 31.5. The topological polar surface area (TPSA) is 118 Å². The fourth-order valence-corrected chi connectivity index (χ4v) is 6.65. The lowest BCUT2D eigenvalue weighted by atomic mass is 10.0. The molecule has 0 saturated carbocycles. The number of likely N-dealkylation sites (tertiary alicyclic amines) is 1. The van der Waals surface area contributed by atoms with E-state index in [4.69, 9.17) is 14.2 Å². The largest absolute Gasteiger partial charge is 0.450 e. The lowest BCUT2D eigenvalue weighted by Gasteiger charge is -2.29. The third-order valence-electron chi connectivity index (χ3n) is 8.90. The molecular formula is C35H40FN5O6. The predicted molar refractivity (Wildman–Crippen MR) is 177 cm³/mol. The molecule has 0 bridgehead atoms. The van der Waals surface area contributed by atoms with Crippen molar-refractivity contribution in [3.05, 3.63) is 70.3 Å². The number of aromatic nitrogens is 1. The van der Waals surface area contributed by atoms with Gasteiger partial charge in [0.25, 0.3) is 5.91 Å². The van der Waals surface area contributed by atoms with Gasteiger partial charge in [-0.1, -0.05) is 30.3 Å². The number of pyridine rings is 1. The minimum Gasteiger partial charge on any atom is -0.450 e. The number of aliphatic hydroxyl groups excluding tert-OH is 1. The standard InChI is InChI=1S/C35H40FN5O6/c1-35(2,3)47-34(44)38-22-10-12-40(19-22)33(43)25-20-41-27-9-8-21-6-4-5-7-23(21)31(27)46-32-28(26(36)18-24(29(32)41)30(25)42)37-11-13-39-14-16-45-17-15-39/h4-9,18,20,22,34,37-38,44H,10-17,19H2,1-3H3/t22-,34?/m1/s1. The van der Waals surface area contributed by atoms with Crippen LogP contribution in [0.15, 0.2) is 53.5 Å². The fraction of sp³-hybridized carbons (Fsp3) is 0.429. The van der Waals surface area contributed by atoms with Gasteiger partial charge in [0, 0.05) is 56.9 Å². The number of ether oxygens (including phenoxy) is 3. The summed E-state index contributed by atoms with van der Waals surface area (Å²) in [6.45, 7) is 10.3. The van der Waals surface area contributed by atoms with Gasteiger partial charge in [0.15, 0.2) is 17.3 Å². The van der Waals surface area contributed by atoms with Crippen molar-refractivity contribution in [1.29, 1.82) is 0 Å². The van der Waals surface area contributed by atoms with E-state index in [-0.39, 0.29) is 35.0 Å². The van der Waals surface area contributed by atoms with Crippen LogP contribution in [-0.4, -0.2) is 95.9 Å². The Hall–Kier alpha value is -4.07. The summed E-state index contributed by atoms with van der Waals surface area (Å²) in [5.41, 5.74) is 0.0171. The van der Waals surface area contributed by atoms with Gasteiger partial charge in [0.1, 0.15) is 16.8 Å². The molecule has 12 heteroatoms. The number of rotatable bonds is 8. The van der Waals surface area contributed by atoms with E-state index in [2.05, 4.69) is 15.5 Å². The van der Waals surface area contributed by atoms with Crippen LogP contribution in [0.4, 0.5) is 10.1 Å². The molecule has 4 aromatic rings. The SMILES string of the molecule is CC(C)(C)OC(O)N[C@@H]1CCN(C(=O)c2cn3c4c(c(NCCN5CCOCC5)c(F)cc4c2=O)Oc2c-3ccc3ccccc23)C1. The number of anilines is 1. The average Bonchev–Trinajstić information content (AvgIpc) is 3.50. The predicted octanol–water partition coefficient (Wildman–Crippen LogP) is 4.03. The van der Waals surface area contributed by atoms with E-state index in [0.717, 1.165) is 23.9 Å².